The summed E-state index contributed by atoms with van der Waals surface area (Å²) in [6.45, 7) is 9.25. The van der Waals surface area contributed by atoms with Crippen LogP contribution in [-0.2, 0) is 18.3 Å². The minimum atomic E-state index is -0.871. The summed E-state index contributed by atoms with van der Waals surface area (Å²) in [5, 5.41) is 20.7. The van der Waals surface area contributed by atoms with Gasteiger partial charge in [0.25, 0.3) is 0 Å². The first-order valence-corrected chi connectivity index (χ1v) is 15.0. The fraction of sp³-hybridized carbons (Fsp3) is 0.235. The summed E-state index contributed by atoms with van der Waals surface area (Å²) in [6.07, 6.45) is 3.78. The number of fused-ring (bicyclic) bond motifs is 2. The van der Waals surface area contributed by atoms with Crippen molar-refractivity contribution in [1.29, 1.82) is 0 Å². The Hall–Kier alpha value is -4.11. The van der Waals surface area contributed by atoms with Gasteiger partial charge >= 0.3 is 5.97 Å². The van der Waals surface area contributed by atoms with Crippen molar-refractivity contribution in [2.24, 2.45) is 7.05 Å². The number of thiazole rings is 1. The first-order chi connectivity index (χ1) is 20.3. The van der Waals surface area contributed by atoms with E-state index in [1.165, 1.54) is 5.56 Å². The number of benzene rings is 2. The van der Waals surface area contributed by atoms with Gasteiger partial charge in [0.1, 0.15) is 10.7 Å². The molecular formula is C34H33ClN4O3S. The van der Waals surface area contributed by atoms with Crippen molar-refractivity contribution in [3.05, 3.63) is 88.7 Å². The molecule has 0 amide bonds. The third-order valence-corrected chi connectivity index (χ3v) is 8.15. The van der Waals surface area contributed by atoms with E-state index in [9.17, 15) is 9.90 Å². The van der Waals surface area contributed by atoms with Crippen molar-refractivity contribution < 1.29 is 15.0 Å². The largest absolute Gasteiger partial charge is 0.481 e. The summed E-state index contributed by atoms with van der Waals surface area (Å²) in [4.78, 5) is 26.2. The number of hydrogen-bond donors (Lipinski definition) is 2. The molecule has 7 nitrogen and oxygen atoms in total. The van der Waals surface area contributed by atoms with E-state index in [4.69, 9.17) is 26.7 Å². The number of nitrogens with zero attached hydrogens (tertiary/aromatic N) is 4. The van der Waals surface area contributed by atoms with Crippen LogP contribution in [0.1, 0.15) is 37.5 Å². The van der Waals surface area contributed by atoms with Crippen LogP contribution in [0.25, 0.3) is 54.3 Å². The Kier molecular flexibility index (Phi) is 8.38. The first-order valence-electron chi connectivity index (χ1n) is 13.8. The summed E-state index contributed by atoms with van der Waals surface area (Å²) in [5.41, 5.74) is 8.42. The van der Waals surface area contributed by atoms with Gasteiger partial charge in [-0.15, -0.1) is 11.3 Å². The average Bonchev–Trinajstić information content (AvgIpc) is 3.48. The molecule has 0 aliphatic rings. The Balaban J connectivity index is 0.000000682. The molecule has 0 atom stereocenters. The van der Waals surface area contributed by atoms with Crippen LogP contribution in [0.4, 0.5) is 0 Å². The number of halogens is 1. The molecule has 4 aromatic heterocycles. The third kappa shape index (κ3) is 6.77. The highest BCUT2D eigenvalue weighted by Gasteiger charge is 2.20. The second-order valence-corrected chi connectivity index (χ2v) is 13.0. The molecule has 0 aliphatic heterocycles. The van der Waals surface area contributed by atoms with Crippen molar-refractivity contribution in [2.45, 2.75) is 46.6 Å². The molecule has 6 aromatic rings. The predicted octanol–water partition coefficient (Wildman–Crippen LogP) is 8.25. The molecule has 0 unspecified atom stereocenters. The second-order valence-electron chi connectivity index (χ2n) is 11.6. The highest BCUT2D eigenvalue weighted by Crippen LogP contribution is 2.41. The standard InChI is InChI=1S/C30H23ClN4O2S.C4H10O/c1-16-12-25-28(27(22(16)14-26(36)37)18-4-6-20(31)7-5-18)38-30(34-25)19-10-11-32-24(13-19)23-9-8-21-17(2)15-35(3)29(21)33-23;1-4(2,3)5/h4-13,15H,14H2,1-3H3,(H,36,37);5H,1-3H3. The maximum absolute atomic E-state index is 11.7. The first kappa shape index (κ1) is 30.4. The number of hydrogen-bond acceptors (Lipinski definition) is 6. The van der Waals surface area contributed by atoms with E-state index in [1.807, 2.05) is 67.1 Å². The lowest BCUT2D eigenvalue weighted by Crippen LogP contribution is -2.10. The van der Waals surface area contributed by atoms with E-state index < -0.39 is 11.6 Å². The molecule has 0 spiro atoms. The monoisotopic (exact) mass is 612 g/mol. The quantitative estimate of drug-likeness (QED) is 0.203. The number of carbonyl (C=O) groups is 1. The minimum Gasteiger partial charge on any atom is -0.481 e. The number of carboxylic acids is 1. The van der Waals surface area contributed by atoms with Gasteiger partial charge in [-0.2, -0.15) is 0 Å². The van der Waals surface area contributed by atoms with E-state index in [0.29, 0.717) is 5.02 Å². The predicted molar refractivity (Wildman–Crippen MR) is 176 cm³/mol. The maximum Gasteiger partial charge on any atom is 0.307 e. The van der Waals surface area contributed by atoms with Crippen molar-refractivity contribution in [1.82, 2.24) is 19.5 Å². The maximum atomic E-state index is 11.7. The number of carboxylic acid groups (broad SMARTS) is 1. The van der Waals surface area contributed by atoms with Crippen molar-refractivity contribution in [2.75, 3.05) is 0 Å². The van der Waals surface area contributed by atoms with E-state index in [2.05, 4.69) is 24.2 Å². The molecule has 43 heavy (non-hydrogen) atoms. The Morgan fingerprint density at radius 1 is 0.953 bits per heavy atom. The van der Waals surface area contributed by atoms with E-state index in [-0.39, 0.29) is 6.42 Å². The van der Waals surface area contributed by atoms with Crippen LogP contribution in [0.15, 0.2) is 67.0 Å². The SMILES string of the molecule is CC(C)(C)O.Cc1cc2nc(-c3ccnc(-c4ccc5c(C)cn(C)c5n4)c3)sc2c(-c2ccc(Cl)cc2)c1CC(=O)O. The molecule has 2 N–H and O–H groups in total. The Labute approximate surface area is 259 Å². The number of aromatic nitrogens is 4. The molecule has 220 valence electrons. The molecule has 0 aliphatic carbocycles. The molecule has 0 bridgehead atoms. The lowest BCUT2D eigenvalue weighted by molar-refractivity contribution is -0.136. The topological polar surface area (TPSA) is 101 Å². The van der Waals surface area contributed by atoms with Crippen LogP contribution in [0.3, 0.4) is 0 Å². The van der Waals surface area contributed by atoms with E-state index >= 15 is 0 Å². The molecule has 0 radical (unpaired) electrons. The van der Waals surface area contributed by atoms with Crippen molar-refractivity contribution >= 4 is 50.2 Å². The molecular weight excluding hydrogens is 580 g/mol. The molecule has 0 saturated heterocycles. The molecule has 0 fully saturated rings. The van der Waals surface area contributed by atoms with Crippen molar-refractivity contribution in [3.8, 4) is 33.1 Å². The Morgan fingerprint density at radius 2 is 1.65 bits per heavy atom. The van der Waals surface area contributed by atoms with Crippen LogP contribution in [0.5, 0.6) is 0 Å². The van der Waals surface area contributed by atoms with Gasteiger partial charge in [0.15, 0.2) is 0 Å². The smallest absolute Gasteiger partial charge is 0.307 e. The minimum absolute atomic E-state index is 0.0703. The van der Waals surface area contributed by atoms with Gasteiger partial charge in [0, 0.05) is 41.0 Å². The Morgan fingerprint density at radius 3 is 2.33 bits per heavy atom. The molecule has 2 aromatic carbocycles. The van der Waals surface area contributed by atoms with Crippen LogP contribution in [0.2, 0.25) is 5.02 Å². The van der Waals surface area contributed by atoms with Gasteiger partial charge in [-0.1, -0.05) is 23.7 Å². The van der Waals surface area contributed by atoms with Gasteiger partial charge in [0.2, 0.25) is 0 Å². The summed E-state index contributed by atoms with van der Waals surface area (Å²) < 4.78 is 2.97. The highest BCUT2D eigenvalue weighted by atomic mass is 35.5. The van der Waals surface area contributed by atoms with Gasteiger partial charge in [-0.3, -0.25) is 9.78 Å². The van der Waals surface area contributed by atoms with Crippen LogP contribution < -0.4 is 0 Å². The molecule has 0 saturated carbocycles. The molecule has 4 heterocycles. The zero-order valence-electron chi connectivity index (χ0n) is 24.9. The van der Waals surface area contributed by atoms with Gasteiger partial charge in [0.05, 0.1) is 33.6 Å². The number of aryl methyl sites for hydroxylation is 3. The normalized spacial score (nSPS) is 11.5. The lowest BCUT2D eigenvalue weighted by atomic mass is 9.93. The number of aliphatic hydroxyl groups is 1. The van der Waals surface area contributed by atoms with Crippen LogP contribution >= 0.6 is 22.9 Å². The molecule has 9 heteroatoms. The summed E-state index contributed by atoms with van der Waals surface area (Å²) in [6, 6.07) is 17.5. The number of rotatable bonds is 5. The van der Waals surface area contributed by atoms with Gasteiger partial charge < -0.3 is 14.8 Å². The number of aliphatic carboxylic acids is 1. The lowest BCUT2D eigenvalue weighted by Gasteiger charge is -2.13. The van der Waals surface area contributed by atoms with Gasteiger partial charge in [-0.25, -0.2) is 9.97 Å². The fourth-order valence-corrected chi connectivity index (χ4v) is 6.21. The Bertz CT molecular complexity index is 1960. The third-order valence-electron chi connectivity index (χ3n) is 6.76. The van der Waals surface area contributed by atoms with Gasteiger partial charge in [-0.05, 0) is 99.3 Å². The number of pyridine rings is 2. The zero-order chi connectivity index (χ0) is 31.1. The molecule has 6 rings (SSSR count). The zero-order valence-corrected chi connectivity index (χ0v) is 26.5. The van der Waals surface area contributed by atoms with Crippen LogP contribution in [0, 0.1) is 13.8 Å². The van der Waals surface area contributed by atoms with E-state index in [1.54, 1.807) is 38.3 Å². The van der Waals surface area contributed by atoms with Crippen molar-refractivity contribution in [3.63, 3.8) is 0 Å². The summed E-state index contributed by atoms with van der Waals surface area (Å²) in [5.74, 6) is -0.871. The highest BCUT2D eigenvalue weighted by molar-refractivity contribution is 7.22. The fourth-order valence-electron chi connectivity index (χ4n) is 4.95. The summed E-state index contributed by atoms with van der Waals surface area (Å²) >= 11 is 7.70. The average molecular weight is 613 g/mol. The second kappa shape index (κ2) is 11.9. The van der Waals surface area contributed by atoms with E-state index in [0.717, 1.165) is 65.5 Å². The summed E-state index contributed by atoms with van der Waals surface area (Å²) in [7, 11) is 2.00. The van der Waals surface area contributed by atoms with Crippen LogP contribution in [-0.4, -0.2) is 41.3 Å².